The molecule has 0 fully saturated rings. The Morgan fingerprint density at radius 2 is 2.05 bits per heavy atom. The van der Waals surface area contributed by atoms with E-state index in [1.54, 1.807) is 0 Å². The Bertz CT molecular complexity index is 609. The fraction of sp³-hybridized carbons (Fsp3) is 0.357. The third-order valence-electron chi connectivity index (χ3n) is 3.05. The predicted molar refractivity (Wildman–Crippen MR) is 66.5 cm³/mol. The molecule has 1 aliphatic heterocycles. The summed E-state index contributed by atoms with van der Waals surface area (Å²) in [5, 5.41) is 0. The van der Waals surface area contributed by atoms with E-state index in [1.165, 1.54) is 6.92 Å². The molecule has 1 atom stereocenters. The number of carbonyl (C=O) groups excluding carboxylic acids is 1. The first-order chi connectivity index (χ1) is 10.2. The lowest BCUT2D eigenvalue weighted by molar-refractivity contribution is -0.169. The minimum absolute atomic E-state index is 0.0459. The first-order valence-corrected chi connectivity index (χ1v) is 6.25. The molecule has 0 saturated heterocycles. The zero-order valence-corrected chi connectivity index (χ0v) is 11.3. The molecule has 0 aromatic heterocycles. The molecule has 1 aromatic carbocycles. The second-order valence-corrected chi connectivity index (χ2v) is 4.50. The molecule has 22 heavy (non-hydrogen) atoms. The van der Waals surface area contributed by atoms with E-state index in [2.05, 4.69) is 4.74 Å². The minimum Gasteiger partial charge on any atom is -0.465 e. The van der Waals surface area contributed by atoms with Crippen LogP contribution in [0.4, 0.5) is 22.0 Å². The molecule has 8 heteroatoms. The predicted octanol–water partition coefficient (Wildman–Crippen LogP) is 3.68. The van der Waals surface area contributed by atoms with Gasteiger partial charge >= 0.3 is 12.1 Å². The fourth-order valence-corrected chi connectivity index (χ4v) is 1.94. The number of ether oxygens (including phenoxy) is 2. The summed E-state index contributed by atoms with van der Waals surface area (Å²) >= 11 is 0. The van der Waals surface area contributed by atoms with Crippen molar-refractivity contribution in [2.24, 2.45) is 0 Å². The van der Waals surface area contributed by atoms with Crippen LogP contribution in [0.5, 0.6) is 5.75 Å². The second kappa shape index (κ2) is 5.58. The first kappa shape index (κ1) is 16.3. The molecule has 1 aromatic rings. The summed E-state index contributed by atoms with van der Waals surface area (Å²) in [7, 11) is 0. The van der Waals surface area contributed by atoms with E-state index in [4.69, 9.17) is 4.74 Å². The number of esters is 1. The molecule has 2 rings (SSSR count). The van der Waals surface area contributed by atoms with Crippen LogP contribution in [-0.4, -0.2) is 24.6 Å². The molecule has 120 valence electrons. The zero-order valence-electron chi connectivity index (χ0n) is 11.3. The Morgan fingerprint density at radius 1 is 1.36 bits per heavy atom. The lowest BCUT2D eigenvalue weighted by atomic mass is 9.97. The van der Waals surface area contributed by atoms with Gasteiger partial charge in [0.05, 0.1) is 12.2 Å². The van der Waals surface area contributed by atoms with Gasteiger partial charge in [-0.1, -0.05) is 6.08 Å². The lowest BCUT2D eigenvalue weighted by Gasteiger charge is -2.32. The van der Waals surface area contributed by atoms with E-state index in [1.807, 2.05) is 0 Å². The van der Waals surface area contributed by atoms with Crippen molar-refractivity contribution in [1.29, 1.82) is 0 Å². The van der Waals surface area contributed by atoms with Gasteiger partial charge in [0, 0.05) is 5.56 Å². The maximum atomic E-state index is 13.3. The first-order valence-electron chi connectivity index (χ1n) is 6.25. The van der Waals surface area contributed by atoms with Crippen LogP contribution in [0.25, 0.3) is 6.08 Å². The Balaban J connectivity index is 2.42. The normalized spacial score (nSPS) is 20.5. The SMILES string of the molecule is CCOC(=O)C1(C(F)F)C=Cc2cc(C(F)(F)F)ccc2O1. The highest BCUT2D eigenvalue weighted by Crippen LogP contribution is 2.39. The molecule has 0 N–H and O–H groups in total. The standard InChI is InChI=1S/C14H11F5O3/c1-2-21-12(20)13(11(15)16)6-5-8-7-9(14(17,18)19)3-4-10(8)22-13/h3-7,11H,2H2,1H3. The van der Waals surface area contributed by atoms with Crippen molar-refractivity contribution in [1.82, 2.24) is 0 Å². The fourth-order valence-electron chi connectivity index (χ4n) is 1.94. The molecule has 0 bridgehead atoms. The number of fused-ring (bicyclic) bond motifs is 1. The monoisotopic (exact) mass is 322 g/mol. The van der Waals surface area contributed by atoms with Gasteiger partial charge in [0.2, 0.25) is 0 Å². The van der Waals surface area contributed by atoms with E-state index in [9.17, 15) is 26.7 Å². The van der Waals surface area contributed by atoms with Gasteiger partial charge in [-0.15, -0.1) is 0 Å². The molecule has 0 radical (unpaired) electrons. The number of hydrogen-bond acceptors (Lipinski definition) is 3. The van der Waals surface area contributed by atoms with E-state index in [-0.39, 0.29) is 17.9 Å². The summed E-state index contributed by atoms with van der Waals surface area (Å²) in [6.45, 7) is 1.30. The summed E-state index contributed by atoms with van der Waals surface area (Å²) in [5.41, 5.74) is -3.64. The van der Waals surface area contributed by atoms with E-state index >= 15 is 0 Å². The van der Waals surface area contributed by atoms with Crippen molar-refractivity contribution in [3.63, 3.8) is 0 Å². The van der Waals surface area contributed by atoms with Crippen molar-refractivity contribution in [3.05, 3.63) is 35.4 Å². The van der Waals surface area contributed by atoms with Crippen LogP contribution in [0.3, 0.4) is 0 Å². The van der Waals surface area contributed by atoms with Crippen LogP contribution in [0, 0.1) is 0 Å². The Morgan fingerprint density at radius 3 is 2.59 bits per heavy atom. The summed E-state index contributed by atoms with van der Waals surface area (Å²) in [6.07, 6.45) is -6.09. The number of halogens is 5. The lowest BCUT2D eigenvalue weighted by Crippen LogP contribution is -2.51. The van der Waals surface area contributed by atoms with Crippen LogP contribution >= 0.6 is 0 Å². The quantitative estimate of drug-likeness (QED) is 0.629. The van der Waals surface area contributed by atoms with Crippen molar-refractivity contribution in [2.45, 2.75) is 25.1 Å². The smallest absolute Gasteiger partial charge is 0.416 e. The Hall–Kier alpha value is -2.12. The van der Waals surface area contributed by atoms with Crippen molar-refractivity contribution >= 4 is 12.0 Å². The maximum absolute atomic E-state index is 13.3. The van der Waals surface area contributed by atoms with Gasteiger partial charge in [-0.2, -0.15) is 13.2 Å². The molecule has 0 amide bonds. The van der Waals surface area contributed by atoms with Crippen molar-refractivity contribution < 1.29 is 36.2 Å². The number of benzene rings is 1. The zero-order chi connectivity index (χ0) is 16.5. The van der Waals surface area contributed by atoms with Crippen LogP contribution in [0.15, 0.2) is 24.3 Å². The molecule has 0 saturated carbocycles. The van der Waals surface area contributed by atoms with Crippen LogP contribution in [0.2, 0.25) is 0 Å². The van der Waals surface area contributed by atoms with Gasteiger partial charge in [0.1, 0.15) is 5.75 Å². The van der Waals surface area contributed by atoms with Crippen molar-refractivity contribution in [2.75, 3.05) is 6.61 Å². The summed E-state index contributed by atoms with van der Waals surface area (Å²) < 4.78 is 73.9. The second-order valence-electron chi connectivity index (χ2n) is 4.50. The molecular weight excluding hydrogens is 311 g/mol. The largest absolute Gasteiger partial charge is 0.465 e. The third-order valence-corrected chi connectivity index (χ3v) is 3.05. The average molecular weight is 322 g/mol. The van der Waals surface area contributed by atoms with Gasteiger partial charge in [0.15, 0.2) is 0 Å². The summed E-state index contributed by atoms with van der Waals surface area (Å²) in [6, 6.07) is 2.35. The van der Waals surface area contributed by atoms with Crippen molar-refractivity contribution in [3.8, 4) is 5.75 Å². The molecule has 1 aliphatic rings. The van der Waals surface area contributed by atoms with Gasteiger partial charge in [-0.25, -0.2) is 13.6 Å². The molecular formula is C14H11F5O3. The average Bonchev–Trinajstić information content (AvgIpc) is 2.45. The van der Waals surface area contributed by atoms with E-state index in [0.29, 0.717) is 6.07 Å². The molecule has 1 heterocycles. The van der Waals surface area contributed by atoms with E-state index in [0.717, 1.165) is 24.3 Å². The van der Waals surface area contributed by atoms with Crippen LogP contribution in [-0.2, 0) is 15.7 Å². The summed E-state index contributed by atoms with van der Waals surface area (Å²) in [4.78, 5) is 11.7. The van der Waals surface area contributed by atoms with Gasteiger partial charge < -0.3 is 9.47 Å². The Labute approximate surface area is 122 Å². The minimum atomic E-state index is -4.57. The highest BCUT2D eigenvalue weighted by Gasteiger charge is 2.51. The van der Waals surface area contributed by atoms with Gasteiger partial charge in [-0.05, 0) is 31.2 Å². The van der Waals surface area contributed by atoms with Gasteiger partial charge in [0.25, 0.3) is 12.0 Å². The molecule has 3 nitrogen and oxygen atoms in total. The molecule has 0 spiro atoms. The number of carbonyl (C=O) groups is 1. The number of rotatable bonds is 3. The number of alkyl halides is 5. The maximum Gasteiger partial charge on any atom is 0.416 e. The van der Waals surface area contributed by atoms with Crippen LogP contribution < -0.4 is 4.74 Å². The number of hydrogen-bond donors (Lipinski definition) is 0. The van der Waals surface area contributed by atoms with E-state index < -0.39 is 29.7 Å². The molecule has 1 unspecified atom stereocenters. The van der Waals surface area contributed by atoms with Crippen LogP contribution in [0.1, 0.15) is 18.1 Å². The molecule has 0 aliphatic carbocycles. The highest BCUT2D eigenvalue weighted by atomic mass is 19.4. The third kappa shape index (κ3) is 2.77. The topological polar surface area (TPSA) is 35.5 Å². The van der Waals surface area contributed by atoms with Gasteiger partial charge in [-0.3, -0.25) is 0 Å². The summed E-state index contributed by atoms with van der Waals surface area (Å²) in [5.74, 6) is -1.55. The highest BCUT2D eigenvalue weighted by molar-refractivity contribution is 5.86. The Kier molecular flexibility index (Phi) is 4.12.